The Morgan fingerprint density at radius 1 is 1.32 bits per heavy atom. The maximum Gasteiger partial charge on any atom is 0.256 e. The van der Waals surface area contributed by atoms with Crippen LogP contribution < -0.4 is 5.32 Å². The van der Waals surface area contributed by atoms with Crippen LogP contribution in [0.4, 0.5) is 0 Å². The fourth-order valence-electron chi connectivity index (χ4n) is 3.36. The first-order chi connectivity index (χ1) is 10.8. The summed E-state index contributed by atoms with van der Waals surface area (Å²) in [7, 11) is 0. The molecule has 0 saturated carbocycles. The molecule has 4 rings (SSSR count). The van der Waals surface area contributed by atoms with Gasteiger partial charge in [-0.05, 0) is 44.1 Å². The number of ether oxygens (including phenoxy) is 1. The summed E-state index contributed by atoms with van der Waals surface area (Å²) in [5, 5.41) is 7.34. The van der Waals surface area contributed by atoms with Gasteiger partial charge in [0.25, 0.3) is 5.91 Å². The second-order valence-electron chi connectivity index (χ2n) is 6.08. The normalized spacial score (nSPS) is 21.0. The SMILES string of the molecule is O=C(NC[C@@H]1CCCO1)c1cnn2c3c(cnc12)CCCC3. The molecule has 1 saturated heterocycles. The Morgan fingerprint density at radius 2 is 2.23 bits per heavy atom. The molecule has 0 bridgehead atoms. The molecule has 0 unspecified atom stereocenters. The minimum atomic E-state index is -0.117. The van der Waals surface area contributed by atoms with E-state index in [0.717, 1.165) is 32.3 Å². The van der Waals surface area contributed by atoms with Crippen molar-refractivity contribution in [2.75, 3.05) is 13.2 Å². The molecule has 1 aliphatic heterocycles. The fraction of sp³-hybridized carbons (Fsp3) is 0.562. The number of aryl methyl sites for hydroxylation is 2. The van der Waals surface area contributed by atoms with Crippen molar-refractivity contribution in [2.24, 2.45) is 0 Å². The number of hydrogen-bond acceptors (Lipinski definition) is 4. The molecule has 116 valence electrons. The van der Waals surface area contributed by atoms with Gasteiger partial charge in [-0.3, -0.25) is 4.79 Å². The quantitative estimate of drug-likeness (QED) is 0.933. The second-order valence-corrected chi connectivity index (χ2v) is 6.08. The molecule has 1 atom stereocenters. The highest BCUT2D eigenvalue weighted by molar-refractivity contribution is 5.99. The van der Waals surface area contributed by atoms with Gasteiger partial charge in [0.2, 0.25) is 0 Å². The standard InChI is InChI=1S/C16H20N4O2/c21-16(18-9-12-5-3-7-22-12)13-10-19-20-14-6-2-1-4-11(14)8-17-15(13)20/h8,10,12H,1-7,9H2,(H,18,21)/t12-/m0/s1. The molecule has 1 N–H and O–H groups in total. The first-order valence-corrected chi connectivity index (χ1v) is 8.07. The van der Waals surface area contributed by atoms with Crippen LogP contribution in [-0.4, -0.2) is 39.8 Å². The van der Waals surface area contributed by atoms with Crippen molar-refractivity contribution in [1.29, 1.82) is 0 Å². The predicted octanol–water partition coefficient (Wildman–Crippen LogP) is 1.52. The van der Waals surface area contributed by atoms with Gasteiger partial charge in [0.1, 0.15) is 5.56 Å². The van der Waals surface area contributed by atoms with Crippen LogP contribution in [0.5, 0.6) is 0 Å². The van der Waals surface area contributed by atoms with Crippen molar-refractivity contribution in [3.05, 3.63) is 29.2 Å². The van der Waals surface area contributed by atoms with Gasteiger partial charge in [0.05, 0.1) is 12.3 Å². The lowest BCUT2D eigenvalue weighted by molar-refractivity contribution is 0.0859. The number of nitrogens with zero attached hydrogens (tertiary/aromatic N) is 3. The molecule has 2 aromatic rings. The maximum absolute atomic E-state index is 12.4. The number of fused-ring (bicyclic) bond motifs is 3. The van der Waals surface area contributed by atoms with E-state index in [2.05, 4.69) is 15.4 Å². The average Bonchev–Trinajstić information content (AvgIpc) is 3.22. The number of rotatable bonds is 3. The zero-order valence-electron chi connectivity index (χ0n) is 12.5. The zero-order chi connectivity index (χ0) is 14.9. The summed E-state index contributed by atoms with van der Waals surface area (Å²) in [6.07, 6.45) is 10.2. The van der Waals surface area contributed by atoms with E-state index in [9.17, 15) is 4.79 Å². The van der Waals surface area contributed by atoms with Crippen molar-refractivity contribution in [2.45, 2.75) is 44.6 Å². The van der Waals surface area contributed by atoms with Crippen LogP contribution in [0.1, 0.15) is 47.3 Å². The Bertz CT molecular complexity index is 703. The highest BCUT2D eigenvalue weighted by Crippen LogP contribution is 2.22. The summed E-state index contributed by atoms with van der Waals surface area (Å²) < 4.78 is 7.37. The van der Waals surface area contributed by atoms with Crippen LogP contribution in [0, 0.1) is 0 Å². The number of aromatic nitrogens is 3. The monoisotopic (exact) mass is 300 g/mol. The third-order valence-electron chi connectivity index (χ3n) is 4.58. The molecule has 0 radical (unpaired) electrons. The topological polar surface area (TPSA) is 68.5 Å². The van der Waals surface area contributed by atoms with Crippen molar-refractivity contribution in [3.63, 3.8) is 0 Å². The molecule has 1 fully saturated rings. The van der Waals surface area contributed by atoms with E-state index >= 15 is 0 Å². The number of carbonyl (C=O) groups excluding carboxylic acids is 1. The van der Waals surface area contributed by atoms with E-state index in [1.807, 2.05) is 10.7 Å². The van der Waals surface area contributed by atoms with Gasteiger partial charge >= 0.3 is 0 Å². The average molecular weight is 300 g/mol. The summed E-state index contributed by atoms with van der Waals surface area (Å²) in [4.78, 5) is 16.8. The van der Waals surface area contributed by atoms with Crippen LogP contribution >= 0.6 is 0 Å². The Morgan fingerprint density at radius 3 is 3.09 bits per heavy atom. The van der Waals surface area contributed by atoms with Crippen molar-refractivity contribution in [1.82, 2.24) is 19.9 Å². The van der Waals surface area contributed by atoms with Crippen molar-refractivity contribution >= 4 is 11.6 Å². The molecule has 0 spiro atoms. The summed E-state index contributed by atoms with van der Waals surface area (Å²) in [6.45, 7) is 1.35. The van der Waals surface area contributed by atoms with E-state index in [0.29, 0.717) is 17.8 Å². The summed E-state index contributed by atoms with van der Waals surface area (Å²) >= 11 is 0. The van der Waals surface area contributed by atoms with Crippen LogP contribution in [0.25, 0.3) is 5.65 Å². The van der Waals surface area contributed by atoms with Crippen LogP contribution in [0.15, 0.2) is 12.4 Å². The molecule has 6 nitrogen and oxygen atoms in total. The van der Waals surface area contributed by atoms with E-state index in [1.54, 1.807) is 6.20 Å². The number of nitrogens with one attached hydrogen (secondary N) is 1. The second kappa shape index (κ2) is 5.68. The van der Waals surface area contributed by atoms with Gasteiger partial charge < -0.3 is 10.1 Å². The van der Waals surface area contributed by atoms with Gasteiger partial charge in [0, 0.05) is 25.0 Å². The van der Waals surface area contributed by atoms with E-state index in [4.69, 9.17) is 4.74 Å². The smallest absolute Gasteiger partial charge is 0.256 e. The van der Waals surface area contributed by atoms with Gasteiger partial charge in [0.15, 0.2) is 5.65 Å². The Balaban J connectivity index is 1.57. The first kappa shape index (κ1) is 13.7. The largest absolute Gasteiger partial charge is 0.376 e. The van der Waals surface area contributed by atoms with Crippen molar-refractivity contribution in [3.8, 4) is 0 Å². The van der Waals surface area contributed by atoms with Gasteiger partial charge in [-0.15, -0.1) is 0 Å². The number of hydrogen-bond donors (Lipinski definition) is 1. The fourth-order valence-corrected chi connectivity index (χ4v) is 3.36. The molecule has 22 heavy (non-hydrogen) atoms. The van der Waals surface area contributed by atoms with Crippen molar-refractivity contribution < 1.29 is 9.53 Å². The molecule has 1 aliphatic carbocycles. The van der Waals surface area contributed by atoms with Gasteiger partial charge in [-0.25, -0.2) is 9.50 Å². The molecular formula is C16H20N4O2. The number of carbonyl (C=O) groups is 1. The van der Waals surface area contributed by atoms with E-state index in [1.165, 1.54) is 24.1 Å². The molecular weight excluding hydrogens is 280 g/mol. The Hall–Kier alpha value is -1.95. The Labute approximate surface area is 128 Å². The van der Waals surface area contributed by atoms with E-state index in [-0.39, 0.29) is 12.0 Å². The summed E-state index contributed by atoms with van der Waals surface area (Å²) in [5.41, 5.74) is 3.67. The van der Waals surface area contributed by atoms with Crippen LogP contribution in [0.3, 0.4) is 0 Å². The third kappa shape index (κ3) is 2.37. The predicted molar refractivity (Wildman–Crippen MR) is 80.9 cm³/mol. The Kier molecular flexibility index (Phi) is 3.54. The maximum atomic E-state index is 12.4. The molecule has 2 aromatic heterocycles. The lowest BCUT2D eigenvalue weighted by Gasteiger charge is -2.16. The van der Waals surface area contributed by atoms with Gasteiger partial charge in [-0.1, -0.05) is 0 Å². The first-order valence-electron chi connectivity index (χ1n) is 8.07. The summed E-state index contributed by atoms with van der Waals surface area (Å²) in [6, 6.07) is 0. The van der Waals surface area contributed by atoms with Crippen LogP contribution in [0.2, 0.25) is 0 Å². The summed E-state index contributed by atoms with van der Waals surface area (Å²) in [5.74, 6) is -0.117. The minimum Gasteiger partial charge on any atom is -0.376 e. The molecule has 2 aliphatic rings. The lowest BCUT2D eigenvalue weighted by atomic mass is 9.97. The number of amides is 1. The van der Waals surface area contributed by atoms with Crippen LogP contribution in [-0.2, 0) is 17.6 Å². The zero-order valence-corrected chi connectivity index (χ0v) is 12.5. The third-order valence-corrected chi connectivity index (χ3v) is 4.58. The minimum absolute atomic E-state index is 0.117. The molecule has 6 heteroatoms. The molecule has 1 amide bonds. The lowest BCUT2D eigenvalue weighted by Crippen LogP contribution is -2.31. The molecule has 0 aromatic carbocycles. The van der Waals surface area contributed by atoms with Gasteiger partial charge in [-0.2, -0.15) is 5.10 Å². The van der Waals surface area contributed by atoms with E-state index < -0.39 is 0 Å². The highest BCUT2D eigenvalue weighted by atomic mass is 16.5. The highest BCUT2D eigenvalue weighted by Gasteiger charge is 2.21. The molecule has 3 heterocycles.